The van der Waals surface area contributed by atoms with E-state index in [2.05, 4.69) is 35.5 Å². The van der Waals surface area contributed by atoms with Gasteiger partial charge in [-0.2, -0.15) is 0 Å². The van der Waals surface area contributed by atoms with Crippen LogP contribution in [0.1, 0.15) is 42.7 Å². The fourth-order valence-electron chi connectivity index (χ4n) is 3.84. The number of nitrogens with two attached hydrogens (primary N) is 1. The van der Waals surface area contributed by atoms with Crippen molar-refractivity contribution in [3.63, 3.8) is 0 Å². The Labute approximate surface area is 183 Å². The fourth-order valence-corrected chi connectivity index (χ4v) is 3.84. The first-order chi connectivity index (χ1) is 15.2. The maximum Gasteiger partial charge on any atom is 0.407 e. The zero-order valence-electron chi connectivity index (χ0n) is 17.5. The Morgan fingerprint density at radius 3 is 2.29 bits per heavy atom. The molecule has 0 bridgehead atoms. The molecule has 0 radical (unpaired) electrons. The van der Waals surface area contributed by atoms with Crippen molar-refractivity contribution >= 4 is 12.1 Å². The van der Waals surface area contributed by atoms with Crippen molar-refractivity contribution in [1.82, 2.24) is 5.32 Å². The molecule has 1 aliphatic carbocycles. The third kappa shape index (κ3) is 5.65. The number of unbranched alkanes of at least 4 members (excludes halogenated alkanes) is 1. The van der Waals surface area contributed by atoms with Gasteiger partial charge < -0.3 is 20.5 Å². The highest BCUT2D eigenvalue weighted by Crippen LogP contribution is 2.44. The van der Waals surface area contributed by atoms with Crippen LogP contribution < -0.4 is 11.1 Å². The number of esters is 1. The number of rotatable bonds is 10. The zero-order chi connectivity index (χ0) is 22.1. The van der Waals surface area contributed by atoms with Crippen LogP contribution in [0.2, 0.25) is 0 Å². The van der Waals surface area contributed by atoms with E-state index in [9.17, 15) is 9.59 Å². The van der Waals surface area contributed by atoms with Crippen molar-refractivity contribution in [3.05, 3.63) is 59.7 Å². The predicted octanol–water partition coefficient (Wildman–Crippen LogP) is 3.59. The van der Waals surface area contributed by atoms with Crippen LogP contribution in [0.3, 0.4) is 0 Å². The molecule has 162 valence electrons. The number of amides is 1. The zero-order valence-corrected chi connectivity index (χ0v) is 17.5. The molecule has 0 spiro atoms. The second-order valence-electron chi connectivity index (χ2n) is 7.43. The number of hydrogen-bond donors (Lipinski definition) is 2. The maximum atomic E-state index is 12.5. The quantitative estimate of drug-likeness (QED) is 0.348. The molecule has 0 fully saturated rings. The molecule has 0 heterocycles. The fraction of sp³-hybridized carbons (Fsp3) is 0.360. The highest BCUT2D eigenvalue weighted by molar-refractivity contribution is 5.82. The summed E-state index contributed by atoms with van der Waals surface area (Å²) in [4.78, 5) is 24.8. The Bertz CT molecular complexity index is 905. The van der Waals surface area contributed by atoms with Crippen molar-refractivity contribution in [2.75, 3.05) is 19.8 Å². The molecular weight excluding hydrogens is 392 g/mol. The summed E-state index contributed by atoms with van der Waals surface area (Å²) in [5.41, 5.74) is 10.1. The molecule has 0 aromatic heterocycles. The van der Waals surface area contributed by atoms with Crippen molar-refractivity contribution in [3.8, 4) is 23.5 Å². The second kappa shape index (κ2) is 11.2. The van der Waals surface area contributed by atoms with E-state index in [4.69, 9.17) is 21.6 Å². The largest absolute Gasteiger partial charge is 0.463 e. The predicted molar refractivity (Wildman–Crippen MR) is 119 cm³/mol. The Morgan fingerprint density at radius 1 is 1.03 bits per heavy atom. The minimum atomic E-state index is -0.792. The monoisotopic (exact) mass is 420 g/mol. The Balaban J connectivity index is 1.62. The van der Waals surface area contributed by atoms with Crippen molar-refractivity contribution in [2.45, 2.75) is 37.6 Å². The van der Waals surface area contributed by atoms with Gasteiger partial charge in [0.15, 0.2) is 0 Å². The topological polar surface area (TPSA) is 90.6 Å². The van der Waals surface area contributed by atoms with Gasteiger partial charge in [-0.25, -0.2) is 9.59 Å². The van der Waals surface area contributed by atoms with Crippen LogP contribution in [-0.4, -0.2) is 37.9 Å². The third-order valence-electron chi connectivity index (χ3n) is 5.36. The molecule has 2 aromatic rings. The summed E-state index contributed by atoms with van der Waals surface area (Å²) >= 11 is 0. The van der Waals surface area contributed by atoms with Crippen LogP contribution in [0.25, 0.3) is 11.1 Å². The van der Waals surface area contributed by atoms with Gasteiger partial charge >= 0.3 is 12.1 Å². The smallest absolute Gasteiger partial charge is 0.407 e. The number of terminal acetylenes is 1. The molecule has 1 aliphatic rings. The van der Waals surface area contributed by atoms with E-state index in [1.54, 1.807) is 0 Å². The van der Waals surface area contributed by atoms with Gasteiger partial charge in [0.25, 0.3) is 0 Å². The summed E-state index contributed by atoms with van der Waals surface area (Å²) in [7, 11) is 0. The lowest BCUT2D eigenvalue weighted by Gasteiger charge is -2.19. The highest BCUT2D eigenvalue weighted by Gasteiger charge is 2.30. The van der Waals surface area contributed by atoms with Crippen molar-refractivity contribution in [2.24, 2.45) is 5.73 Å². The minimum absolute atomic E-state index is 0.0450. The summed E-state index contributed by atoms with van der Waals surface area (Å²) < 4.78 is 10.7. The normalized spacial score (nSPS) is 12.9. The van der Waals surface area contributed by atoms with Crippen LogP contribution in [-0.2, 0) is 14.3 Å². The van der Waals surface area contributed by atoms with E-state index >= 15 is 0 Å². The second-order valence-corrected chi connectivity index (χ2v) is 7.43. The molecule has 1 atom stereocenters. The summed E-state index contributed by atoms with van der Waals surface area (Å²) in [6.45, 7) is 0.820. The summed E-state index contributed by atoms with van der Waals surface area (Å²) in [5.74, 6) is 1.86. The molecule has 0 saturated heterocycles. The standard InChI is InChI=1S/C25H28N2O4/c1-2-3-16-30-24(28)23(14-8-9-15-26)27-25(29)31-17-22-20-12-6-4-10-18(20)19-11-5-7-13-21(19)22/h1,4-7,10-13,22-23H,3,8-9,14-17,26H2,(H,27,29). The molecular formula is C25H28N2O4. The first-order valence-electron chi connectivity index (χ1n) is 10.6. The van der Waals surface area contributed by atoms with Crippen LogP contribution in [0.5, 0.6) is 0 Å². The number of alkyl carbamates (subject to hydrolysis) is 1. The Hall–Kier alpha value is -3.30. The molecule has 2 aromatic carbocycles. The lowest BCUT2D eigenvalue weighted by molar-refractivity contribution is -0.146. The molecule has 1 unspecified atom stereocenters. The number of fused-ring (bicyclic) bond motifs is 3. The summed E-state index contributed by atoms with van der Waals surface area (Å²) in [6, 6.07) is 15.4. The molecule has 1 amide bonds. The van der Waals surface area contributed by atoms with E-state index in [-0.39, 0.29) is 19.1 Å². The molecule has 6 nitrogen and oxygen atoms in total. The van der Waals surface area contributed by atoms with Gasteiger partial charge in [-0.3, -0.25) is 0 Å². The van der Waals surface area contributed by atoms with Crippen LogP contribution in [0.4, 0.5) is 4.79 Å². The number of benzene rings is 2. The Morgan fingerprint density at radius 2 is 1.68 bits per heavy atom. The lowest BCUT2D eigenvalue weighted by atomic mass is 9.98. The van der Waals surface area contributed by atoms with E-state index in [0.29, 0.717) is 25.8 Å². The SMILES string of the molecule is C#CCCOC(=O)C(CCCCN)NC(=O)OCC1c2ccccc2-c2ccccc21. The first kappa shape index (κ1) is 22.4. The summed E-state index contributed by atoms with van der Waals surface area (Å²) in [6.07, 6.45) is 6.74. The van der Waals surface area contributed by atoms with E-state index in [0.717, 1.165) is 28.7 Å². The molecule has 3 rings (SSSR count). The maximum absolute atomic E-state index is 12.5. The first-order valence-corrected chi connectivity index (χ1v) is 10.6. The van der Waals surface area contributed by atoms with Crippen LogP contribution >= 0.6 is 0 Å². The van der Waals surface area contributed by atoms with Crippen LogP contribution in [0.15, 0.2) is 48.5 Å². The Kier molecular flexibility index (Phi) is 8.08. The van der Waals surface area contributed by atoms with Crippen LogP contribution in [0, 0.1) is 12.3 Å². The van der Waals surface area contributed by atoms with Crippen molar-refractivity contribution in [1.29, 1.82) is 0 Å². The molecule has 6 heteroatoms. The number of ether oxygens (including phenoxy) is 2. The van der Waals surface area contributed by atoms with Gasteiger partial charge in [-0.1, -0.05) is 48.5 Å². The average Bonchev–Trinajstić information content (AvgIpc) is 3.11. The number of carbonyl (C=O) groups is 2. The molecule has 0 saturated carbocycles. The minimum Gasteiger partial charge on any atom is -0.463 e. The van der Waals surface area contributed by atoms with Gasteiger partial charge in [-0.15, -0.1) is 12.3 Å². The van der Waals surface area contributed by atoms with E-state index in [1.165, 1.54) is 0 Å². The molecule has 3 N–H and O–H groups in total. The summed E-state index contributed by atoms with van der Waals surface area (Å²) in [5, 5.41) is 2.65. The van der Waals surface area contributed by atoms with E-state index < -0.39 is 18.1 Å². The van der Waals surface area contributed by atoms with Gasteiger partial charge in [0.05, 0.1) is 0 Å². The average molecular weight is 421 g/mol. The van der Waals surface area contributed by atoms with E-state index in [1.807, 2.05) is 24.3 Å². The van der Waals surface area contributed by atoms with Gasteiger partial charge in [0.2, 0.25) is 0 Å². The van der Waals surface area contributed by atoms with Gasteiger partial charge in [0, 0.05) is 12.3 Å². The number of carbonyl (C=O) groups excluding carboxylic acids is 2. The number of hydrogen-bond acceptors (Lipinski definition) is 5. The number of nitrogens with one attached hydrogen (secondary N) is 1. The molecule has 0 aliphatic heterocycles. The molecule has 31 heavy (non-hydrogen) atoms. The van der Waals surface area contributed by atoms with Gasteiger partial charge in [-0.05, 0) is 48.1 Å². The lowest BCUT2D eigenvalue weighted by Crippen LogP contribution is -2.42. The van der Waals surface area contributed by atoms with Gasteiger partial charge in [0.1, 0.15) is 19.3 Å². The third-order valence-corrected chi connectivity index (χ3v) is 5.36. The highest BCUT2D eigenvalue weighted by atomic mass is 16.6. The van der Waals surface area contributed by atoms with Crippen molar-refractivity contribution < 1.29 is 19.1 Å².